The zero-order valence-corrected chi connectivity index (χ0v) is 13.5. The van der Waals surface area contributed by atoms with Crippen molar-refractivity contribution in [3.8, 4) is 11.1 Å². The van der Waals surface area contributed by atoms with Crippen molar-refractivity contribution < 1.29 is 9.13 Å². The molecule has 0 atom stereocenters. The summed E-state index contributed by atoms with van der Waals surface area (Å²) < 4.78 is 20.7. The van der Waals surface area contributed by atoms with Crippen molar-refractivity contribution >= 4 is 11.5 Å². The number of halogens is 1. The number of imidazole rings is 1. The summed E-state index contributed by atoms with van der Waals surface area (Å²) in [4.78, 5) is 8.81. The first kappa shape index (κ1) is 15.4. The standard InChI is InChI=1S/C19H17FN4O/c20-14-4-3-5-16(8-14)25-12-15-11-24-10-13(9-22-19(24)23-15)17-6-1-2-7-18(17)21/h1-2,5-11H,3-4,12,21H2. The SMILES string of the molecule is Nc1ccccc1-c1cnc2nc(COC3=CCCC(F)=C3)cn2c1. The van der Waals surface area contributed by atoms with Crippen LogP contribution in [0.4, 0.5) is 10.1 Å². The zero-order valence-electron chi connectivity index (χ0n) is 13.5. The third-order valence-electron chi connectivity index (χ3n) is 4.05. The maximum atomic E-state index is 13.3. The first-order chi connectivity index (χ1) is 12.2. The van der Waals surface area contributed by atoms with Gasteiger partial charge < -0.3 is 10.5 Å². The molecule has 0 radical (unpaired) electrons. The molecule has 0 bridgehead atoms. The average Bonchev–Trinajstić information content (AvgIpc) is 3.02. The van der Waals surface area contributed by atoms with Gasteiger partial charge in [0.05, 0.1) is 5.69 Å². The zero-order chi connectivity index (χ0) is 17.2. The molecule has 0 saturated carbocycles. The largest absolute Gasteiger partial charge is 0.487 e. The van der Waals surface area contributed by atoms with Gasteiger partial charge in [0.1, 0.15) is 18.2 Å². The van der Waals surface area contributed by atoms with E-state index in [1.54, 1.807) is 6.20 Å². The molecule has 3 aromatic rings. The van der Waals surface area contributed by atoms with Gasteiger partial charge in [0.15, 0.2) is 0 Å². The second-order valence-electron chi connectivity index (χ2n) is 5.89. The van der Waals surface area contributed by atoms with Crippen LogP contribution in [0.2, 0.25) is 0 Å². The summed E-state index contributed by atoms with van der Waals surface area (Å²) in [5.41, 5.74) is 9.30. The summed E-state index contributed by atoms with van der Waals surface area (Å²) in [7, 11) is 0. The van der Waals surface area contributed by atoms with Crippen LogP contribution in [0.3, 0.4) is 0 Å². The van der Waals surface area contributed by atoms with Gasteiger partial charge in [-0.2, -0.15) is 0 Å². The first-order valence-corrected chi connectivity index (χ1v) is 8.06. The molecule has 4 rings (SSSR count). The fourth-order valence-electron chi connectivity index (χ4n) is 2.80. The lowest BCUT2D eigenvalue weighted by atomic mass is 10.1. The highest BCUT2D eigenvalue weighted by Crippen LogP contribution is 2.25. The number of benzene rings is 1. The minimum atomic E-state index is -0.153. The second kappa shape index (κ2) is 6.39. The predicted octanol–water partition coefficient (Wildman–Crippen LogP) is 4.03. The molecule has 126 valence electrons. The Hall–Kier alpha value is -3.15. The molecular formula is C19H17FN4O. The number of fused-ring (bicyclic) bond motifs is 1. The number of hydrogen-bond donors (Lipinski definition) is 1. The van der Waals surface area contributed by atoms with E-state index in [1.807, 2.05) is 47.1 Å². The minimum Gasteiger partial charge on any atom is -0.487 e. The Morgan fingerprint density at radius 1 is 1.24 bits per heavy atom. The summed E-state index contributed by atoms with van der Waals surface area (Å²) in [5.74, 6) is 0.974. The molecule has 5 nitrogen and oxygen atoms in total. The summed E-state index contributed by atoms with van der Waals surface area (Å²) in [6.07, 6.45) is 9.95. The number of hydrogen-bond acceptors (Lipinski definition) is 4. The van der Waals surface area contributed by atoms with E-state index in [4.69, 9.17) is 10.5 Å². The van der Waals surface area contributed by atoms with Crippen molar-refractivity contribution in [2.24, 2.45) is 0 Å². The summed E-state index contributed by atoms with van der Waals surface area (Å²) >= 11 is 0. The molecule has 0 amide bonds. The number of nitrogens with zero attached hydrogens (tertiary/aromatic N) is 3. The first-order valence-electron chi connectivity index (χ1n) is 8.06. The van der Waals surface area contributed by atoms with Crippen molar-refractivity contribution in [2.45, 2.75) is 19.4 Å². The van der Waals surface area contributed by atoms with Crippen molar-refractivity contribution in [1.29, 1.82) is 0 Å². The molecule has 0 fully saturated rings. The normalized spacial score (nSPS) is 14.3. The van der Waals surface area contributed by atoms with E-state index in [-0.39, 0.29) is 12.4 Å². The van der Waals surface area contributed by atoms with Crippen molar-refractivity contribution in [3.63, 3.8) is 0 Å². The molecule has 0 saturated heterocycles. The fourth-order valence-corrected chi connectivity index (χ4v) is 2.80. The predicted molar refractivity (Wildman–Crippen MR) is 94.1 cm³/mol. The Balaban J connectivity index is 1.56. The Labute approximate surface area is 144 Å². The van der Waals surface area contributed by atoms with E-state index in [1.165, 1.54) is 6.08 Å². The van der Waals surface area contributed by atoms with Crippen LogP contribution in [0, 0.1) is 0 Å². The molecule has 25 heavy (non-hydrogen) atoms. The van der Waals surface area contributed by atoms with Crippen molar-refractivity contribution in [3.05, 3.63) is 72.3 Å². The smallest absolute Gasteiger partial charge is 0.234 e. The third kappa shape index (κ3) is 3.24. The van der Waals surface area contributed by atoms with Gasteiger partial charge >= 0.3 is 0 Å². The topological polar surface area (TPSA) is 65.4 Å². The molecule has 2 heterocycles. The Morgan fingerprint density at radius 2 is 2.12 bits per heavy atom. The lowest BCUT2D eigenvalue weighted by molar-refractivity contribution is 0.204. The third-order valence-corrected chi connectivity index (χ3v) is 4.05. The van der Waals surface area contributed by atoms with Crippen LogP contribution >= 0.6 is 0 Å². The highest BCUT2D eigenvalue weighted by Gasteiger charge is 2.09. The summed E-state index contributed by atoms with van der Waals surface area (Å²) in [6.45, 7) is 0.266. The van der Waals surface area contributed by atoms with Gasteiger partial charge in [0, 0.05) is 47.9 Å². The molecule has 1 aliphatic carbocycles. The number of rotatable bonds is 4. The average molecular weight is 336 g/mol. The highest BCUT2D eigenvalue weighted by molar-refractivity contribution is 5.75. The van der Waals surface area contributed by atoms with E-state index in [0.29, 0.717) is 30.1 Å². The summed E-state index contributed by atoms with van der Waals surface area (Å²) in [6, 6.07) is 7.65. The van der Waals surface area contributed by atoms with E-state index in [2.05, 4.69) is 9.97 Å². The number of allylic oxidation sites excluding steroid dienone is 3. The van der Waals surface area contributed by atoms with Crippen LogP contribution < -0.4 is 5.73 Å². The van der Waals surface area contributed by atoms with E-state index in [0.717, 1.165) is 16.8 Å². The number of nitrogen functional groups attached to an aromatic ring is 1. The van der Waals surface area contributed by atoms with Crippen molar-refractivity contribution in [1.82, 2.24) is 14.4 Å². The van der Waals surface area contributed by atoms with Crippen LogP contribution in [-0.4, -0.2) is 14.4 Å². The van der Waals surface area contributed by atoms with Gasteiger partial charge in [-0.05, 0) is 18.6 Å². The quantitative estimate of drug-likeness (QED) is 0.731. The van der Waals surface area contributed by atoms with Crippen LogP contribution in [0.5, 0.6) is 0 Å². The van der Waals surface area contributed by atoms with Crippen LogP contribution in [0.25, 0.3) is 16.9 Å². The number of anilines is 1. The van der Waals surface area contributed by atoms with Gasteiger partial charge in [-0.15, -0.1) is 0 Å². The van der Waals surface area contributed by atoms with Gasteiger partial charge in [0.2, 0.25) is 5.78 Å². The van der Waals surface area contributed by atoms with E-state index in [9.17, 15) is 4.39 Å². The van der Waals surface area contributed by atoms with Gasteiger partial charge in [-0.25, -0.2) is 14.4 Å². The molecule has 0 unspecified atom stereocenters. The molecular weight excluding hydrogens is 319 g/mol. The Morgan fingerprint density at radius 3 is 2.96 bits per heavy atom. The summed E-state index contributed by atoms with van der Waals surface area (Å²) in [5, 5.41) is 0. The van der Waals surface area contributed by atoms with E-state index < -0.39 is 0 Å². The van der Waals surface area contributed by atoms with Crippen LogP contribution in [0.1, 0.15) is 18.5 Å². The molecule has 2 aromatic heterocycles. The molecule has 1 aromatic carbocycles. The number of aromatic nitrogens is 3. The number of para-hydroxylation sites is 1. The second-order valence-corrected chi connectivity index (χ2v) is 5.89. The number of ether oxygens (including phenoxy) is 1. The molecule has 6 heteroatoms. The Kier molecular flexibility index (Phi) is 3.93. The van der Waals surface area contributed by atoms with Gasteiger partial charge in [0.25, 0.3) is 0 Å². The fraction of sp³-hybridized carbons (Fsp3) is 0.158. The van der Waals surface area contributed by atoms with Gasteiger partial charge in [-0.1, -0.05) is 18.2 Å². The van der Waals surface area contributed by atoms with Crippen LogP contribution in [-0.2, 0) is 11.3 Å². The highest BCUT2D eigenvalue weighted by atomic mass is 19.1. The Bertz CT molecular complexity index is 990. The maximum Gasteiger partial charge on any atom is 0.234 e. The molecule has 0 spiro atoms. The van der Waals surface area contributed by atoms with Crippen LogP contribution in [0.15, 0.2) is 66.6 Å². The molecule has 1 aliphatic rings. The maximum absolute atomic E-state index is 13.3. The lowest BCUT2D eigenvalue weighted by Gasteiger charge is -2.09. The number of nitrogens with two attached hydrogens (primary N) is 1. The monoisotopic (exact) mass is 336 g/mol. The molecule has 2 N–H and O–H groups in total. The van der Waals surface area contributed by atoms with Crippen molar-refractivity contribution in [2.75, 3.05) is 5.73 Å². The van der Waals surface area contributed by atoms with Gasteiger partial charge in [-0.3, -0.25) is 4.40 Å². The van der Waals surface area contributed by atoms with E-state index >= 15 is 0 Å². The lowest BCUT2D eigenvalue weighted by Crippen LogP contribution is -1.96. The molecule has 0 aliphatic heterocycles. The minimum absolute atomic E-state index is 0.153.